The molecule has 1 aliphatic carbocycles. The van der Waals surface area contributed by atoms with Crippen LogP contribution in [0.25, 0.3) is 0 Å². The van der Waals surface area contributed by atoms with Crippen molar-refractivity contribution in [2.75, 3.05) is 27.4 Å². The highest BCUT2D eigenvalue weighted by atomic mass is 16.5. The fourth-order valence-electron chi connectivity index (χ4n) is 2.79. The summed E-state index contributed by atoms with van der Waals surface area (Å²) in [6.45, 7) is 6.07. The topological polar surface area (TPSA) is 30.5 Å². The first-order valence-corrected chi connectivity index (χ1v) is 6.98. The van der Waals surface area contributed by atoms with Crippen LogP contribution in [0.1, 0.15) is 46.0 Å². The number of rotatable bonds is 7. The number of nitrogens with one attached hydrogen (secondary N) is 1. The van der Waals surface area contributed by atoms with Crippen LogP contribution in [0.2, 0.25) is 0 Å². The molecule has 1 rings (SSSR count). The van der Waals surface area contributed by atoms with Gasteiger partial charge in [-0.15, -0.1) is 0 Å². The third kappa shape index (κ3) is 3.94. The Labute approximate surface area is 106 Å². The van der Waals surface area contributed by atoms with Crippen molar-refractivity contribution in [2.45, 2.75) is 57.6 Å². The SMILES string of the molecule is CCCOCC(NC)C1(OC)CCC(C)CC1. The molecule has 0 aromatic rings. The summed E-state index contributed by atoms with van der Waals surface area (Å²) in [4.78, 5) is 0. The number of methoxy groups -OCH3 is 1. The van der Waals surface area contributed by atoms with Crippen LogP contribution < -0.4 is 5.32 Å². The Balaban J connectivity index is 2.55. The second-order valence-corrected chi connectivity index (χ2v) is 5.37. The fraction of sp³-hybridized carbons (Fsp3) is 1.00. The van der Waals surface area contributed by atoms with E-state index in [1.165, 1.54) is 12.8 Å². The Hall–Kier alpha value is -0.120. The summed E-state index contributed by atoms with van der Waals surface area (Å²) >= 11 is 0. The molecule has 0 aliphatic heterocycles. The highest BCUT2D eigenvalue weighted by molar-refractivity contribution is 4.95. The summed E-state index contributed by atoms with van der Waals surface area (Å²) in [7, 11) is 3.86. The molecular formula is C14H29NO2. The normalized spacial score (nSPS) is 31.4. The van der Waals surface area contributed by atoms with Gasteiger partial charge in [0, 0.05) is 13.7 Å². The Morgan fingerprint density at radius 3 is 2.47 bits per heavy atom. The lowest BCUT2D eigenvalue weighted by Crippen LogP contribution is -2.55. The van der Waals surface area contributed by atoms with Crippen molar-refractivity contribution in [3.8, 4) is 0 Å². The molecule has 1 unspecified atom stereocenters. The highest BCUT2D eigenvalue weighted by Crippen LogP contribution is 2.36. The van der Waals surface area contributed by atoms with Crippen LogP contribution in [-0.2, 0) is 9.47 Å². The lowest BCUT2D eigenvalue weighted by atomic mass is 9.75. The first kappa shape index (κ1) is 14.9. The van der Waals surface area contributed by atoms with Gasteiger partial charge in [-0.1, -0.05) is 13.8 Å². The molecule has 3 heteroatoms. The van der Waals surface area contributed by atoms with Crippen molar-refractivity contribution in [3.63, 3.8) is 0 Å². The molecule has 0 spiro atoms. The van der Waals surface area contributed by atoms with E-state index in [0.717, 1.165) is 38.4 Å². The van der Waals surface area contributed by atoms with Crippen LogP contribution >= 0.6 is 0 Å². The largest absolute Gasteiger partial charge is 0.380 e. The van der Waals surface area contributed by atoms with Crippen molar-refractivity contribution in [1.29, 1.82) is 0 Å². The van der Waals surface area contributed by atoms with E-state index in [4.69, 9.17) is 9.47 Å². The second-order valence-electron chi connectivity index (χ2n) is 5.37. The van der Waals surface area contributed by atoms with Crippen molar-refractivity contribution < 1.29 is 9.47 Å². The molecule has 0 amide bonds. The summed E-state index contributed by atoms with van der Waals surface area (Å²) in [5, 5.41) is 3.39. The van der Waals surface area contributed by atoms with Crippen LogP contribution in [0, 0.1) is 5.92 Å². The molecule has 17 heavy (non-hydrogen) atoms. The van der Waals surface area contributed by atoms with E-state index >= 15 is 0 Å². The minimum Gasteiger partial charge on any atom is -0.380 e. The Kier molecular flexibility index (Phi) is 6.45. The monoisotopic (exact) mass is 243 g/mol. The van der Waals surface area contributed by atoms with E-state index in [1.807, 2.05) is 14.2 Å². The van der Waals surface area contributed by atoms with E-state index in [1.54, 1.807) is 0 Å². The van der Waals surface area contributed by atoms with E-state index in [9.17, 15) is 0 Å². The Morgan fingerprint density at radius 1 is 1.35 bits per heavy atom. The lowest BCUT2D eigenvalue weighted by Gasteiger charge is -2.43. The van der Waals surface area contributed by atoms with Gasteiger partial charge in [0.25, 0.3) is 0 Å². The first-order valence-electron chi connectivity index (χ1n) is 6.98. The molecule has 0 aromatic carbocycles. The maximum absolute atomic E-state index is 5.87. The third-order valence-electron chi connectivity index (χ3n) is 4.14. The standard InChI is InChI=1S/C14H29NO2/c1-5-10-17-11-13(15-3)14(16-4)8-6-12(2)7-9-14/h12-13,15H,5-11H2,1-4H3. The Bertz CT molecular complexity index is 200. The van der Waals surface area contributed by atoms with Crippen molar-refractivity contribution in [3.05, 3.63) is 0 Å². The van der Waals surface area contributed by atoms with Crippen LogP contribution in [0.15, 0.2) is 0 Å². The smallest absolute Gasteiger partial charge is 0.0853 e. The van der Waals surface area contributed by atoms with Crippen molar-refractivity contribution in [2.24, 2.45) is 5.92 Å². The summed E-state index contributed by atoms with van der Waals surface area (Å²) < 4.78 is 11.6. The molecule has 1 N–H and O–H groups in total. The third-order valence-corrected chi connectivity index (χ3v) is 4.14. The van der Waals surface area contributed by atoms with Gasteiger partial charge < -0.3 is 14.8 Å². The summed E-state index contributed by atoms with van der Waals surface area (Å²) in [6.07, 6.45) is 5.89. The molecule has 1 aliphatic rings. The molecule has 0 aromatic heterocycles. The molecule has 0 heterocycles. The maximum atomic E-state index is 5.87. The quantitative estimate of drug-likeness (QED) is 0.697. The van der Waals surface area contributed by atoms with Gasteiger partial charge in [0.05, 0.1) is 18.2 Å². The van der Waals surface area contributed by atoms with Gasteiger partial charge in [0.1, 0.15) is 0 Å². The minimum absolute atomic E-state index is 0.0188. The molecule has 102 valence electrons. The average Bonchev–Trinajstić information content (AvgIpc) is 2.37. The predicted octanol–water partition coefficient (Wildman–Crippen LogP) is 2.60. The number of likely N-dealkylation sites (N-methyl/N-ethyl adjacent to an activating group) is 1. The molecule has 0 saturated heterocycles. The van der Waals surface area contributed by atoms with Gasteiger partial charge in [0.15, 0.2) is 0 Å². The number of hydrogen-bond acceptors (Lipinski definition) is 3. The zero-order valence-corrected chi connectivity index (χ0v) is 11.9. The number of hydrogen-bond donors (Lipinski definition) is 1. The second kappa shape index (κ2) is 7.34. The number of ether oxygens (including phenoxy) is 2. The van der Waals surface area contributed by atoms with E-state index in [0.29, 0.717) is 6.04 Å². The summed E-state index contributed by atoms with van der Waals surface area (Å²) in [5.41, 5.74) is -0.0188. The van der Waals surface area contributed by atoms with E-state index < -0.39 is 0 Å². The minimum atomic E-state index is -0.0188. The summed E-state index contributed by atoms with van der Waals surface area (Å²) in [6, 6.07) is 0.312. The van der Waals surface area contributed by atoms with Gasteiger partial charge in [-0.3, -0.25) is 0 Å². The van der Waals surface area contributed by atoms with Crippen LogP contribution in [0.5, 0.6) is 0 Å². The molecule has 1 fully saturated rings. The molecule has 0 radical (unpaired) electrons. The van der Waals surface area contributed by atoms with E-state index in [-0.39, 0.29) is 5.60 Å². The van der Waals surface area contributed by atoms with Gasteiger partial charge >= 0.3 is 0 Å². The van der Waals surface area contributed by atoms with Crippen molar-refractivity contribution >= 4 is 0 Å². The molecule has 3 nitrogen and oxygen atoms in total. The zero-order chi connectivity index (χ0) is 12.7. The van der Waals surface area contributed by atoms with Gasteiger partial charge in [-0.25, -0.2) is 0 Å². The summed E-state index contributed by atoms with van der Waals surface area (Å²) in [5.74, 6) is 0.840. The van der Waals surface area contributed by atoms with Gasteiger partial charge in [-0.05, 0) is 45.1 Å². The molecule has 1 saturated carbocycles. The lowest BCUT2D eigenvalue weighted by molar-refractivity contribution is -0.0907. The van der Waals surface area contributed by atoms with Gasteiger partial charge in [0.2, 0.25) is 0 Å². The molecule has 1 atom stereocenters. The molecule has 0 bridgehead atoms. The maximum Gasteiger partial charge on any atom is 0.0853 e. The van der Waals surface area contributed by atoms with Crippen LogP contribution in [-0.4, -0.2) is 39.0 Å². The van der Waals surface area contributed by atoms with Crippen LogP contribution in [0.3, 0.4) is 0 Å². The average molecular weight is 243 g/mol. The molecular weight excluding hydrogens is 214 g/mol. The predicted molar refractivity (Wildman–Crippen MR) is 71.3 cm³/mol. The fourth-order valence-corrected chi connectivity index (χ4v) is 2.79. The zero-order valence-electron chi connectivity index (χ0n) is 11.9. The first-order chi connectivity index (χ1) is 8.18. The van der Waals surface area contributed by atoms with Gasteiger partial charge in [-0.2, -0.15) is 0 Å². The highest BCUT2D eigenvalue weighted by Gasteiger charge is 2.40. The van der Waals surface area contributed by atoms with Crippen LogP contribution in [0.4, 0.5) is 0 Å². The van der Waals surface area contributed by atoms with E-state index in [2.05, 4.69) is 19.2 Å². The Morgan fingerprint density at radius 2 is 2.00 bits per heavy atom. The van der Waals surface area contributed by atoms with Crippen molar-refractivity contribution in [1.82, 2.24) is 5.32 Å².